The van der Waals surface area contributed by atoms with Crippen LogP contribution < -0.4 is 10.1 Å². The van der Waals surface area contributed by atoms with E-state index in [-0.39, 0.29) is 22.4 Å². The second kappa shape index (κ2) is 4.55. The molecule has 1 heterocycles. The van der Waals surface area contributed by atoms with E-state index in [0.29, 0.717) is 0 Å². The summed E-state index contributed by atoms with van der Waals surface area (Å²) in [5.74, 6) is -1.28. The van der Waals surface area contributed by atoms with Crippen LogP contribution in [0.4, 0.5) is 8.78 Å². The SMILES string of the molecule is COc1c(F)cc(Cl)c(F)c1C1CCCN1. The van der Waals surface area contributed by atoms with Gasteiger partial charge in [0, 0.05) is 6.04 Å². The molecule has 0 bridgehead atoms. The average Bonchev–Trinajstić information content (AvgIpc) is 2.76. The van der Waals surface area contributed by atoms with E-state index >= 15 is 0 Å². The fourth-order valence-corrected chi connectivity index (χ4v) is 2.24. The predicted octanol–water partition coefficient (Wildman–Crippen LogP) is 3.05. The van der Waals surface area contributed by atoms with Crippen molar-refractivity contribution in [3.63, 3.8) is 0 Å². The summed E-state index contributed by atoms with van der Waals surface area (Å²) in [5.41, 5.74) is 0.199. The van der Waals surface area contributed by atoms with Crippen molar-refractivity contribution in [2.75, 3.05) is 13.7 Å². The van der Waals surface area contributed by atoms with Crippen LogP contribution in [0.3, 0.4) is 0 Å². The maximum atomic E-state index is 13.9. The number of benzene rings is 1. The molecule has 1 N–H and O–H groups in total. The second-order valence-corrected chi connectivity index (χ2v) is 4.16. The summed E-state index contributed by atoms with van der Waals surface area (Å²) in [6.45, 7) is 0.793. The number of nitrogens with one attached hydrogen (secondary N) is 1. The molecule has 1 aliphatic rings. The molecule has 1 aliphatic heterocycles. The lowest BCUT2D eigenvalue weighted by Crippen LogP contribution is -2.16. The van der Waals surface area contributed by atoms with Crippen LogP contribution in [-0.4, -0.2) is 13.7 Å². The normalized spacial score (nSPS) is 20.1. The molecule has 1 unspecified atom stereocenters. The first-order valence-electron chi connectivity index (χ1n) is 5.10. The molecule has 0 spiro atoms. The van der Waals surface area contributed by atoms with Gasteiger partial charge in [-0.15, -0.1) is 0 Å². The van der Waals surface area contributed by atoms with Gasteiger partial charge in [-0.05, 0) is 25.5 Å². The van der Waals surface area contributed by atoms with E-state index in [0.717, 1.165) is 25.5 Å². The van der Waals surface area contributed by atoms with Crippen LogP contribution >= 0.6 is 11.6 Å². The highest BCUT2D eigenvalue weighted by atomic mass is 35.5. The molecule has 0 aliphatic carbocycles. The topological polar surface area (TPSA) is 21.3 Å². The van der Waals surface area contributed by atoms with Gasteiger partial charge in [0.25, 0.3) is 0 Å². The first kappa shape index (κ1) is 11.6. The van der Waals surface area contributed by atoms with Crippen LogP contribution in [0, 0.1) is 11.6 Å². The highest BCUT2D eigenvalue weighted by Crippen LogP contribution is 2.37. The molecule has 2 rings (SSSR count). The van der Waals surface area contributed by atoms with Crippen molar-refractivity contribution in [1.29, 1.82) is 0 Å². The van der Waals surface area contributed by atoms with Crippen molar-refractivity contribution >= 4 is 11.6 Å². The number of methoxy groups -OCH3 is 1. The summed E-state index contributed by atoms with van der Waals surface area (Å²) in [6, 6.07) is 0.719. The number of rotatable bonds is 2. The highest BCUT2D eigenvalue weighted by molar-refractivity contribution is 6.30. The predicted molar refractivity (Wildman–Crippen MR) is 57.9 cm³/mol. The van der Waals surface area contributed by atoms with Crippen LogP contribution in [0.25, 0.3) is 0 Å². The molecular formula is C11H12ClF2NO. The Balaban J connectivity index is 2.54. The van der Waals surface area contributed by atoms with Crippen molar-refractivity contribution in [1.82, 2.24) is 5.32 Å². The molecule has 0 aromatic heterocycles. The summed E-state index contributed by atoms with van der Waals surface area (Å²) < 4.78 is 32.3. The van der Waals surface area contributed by atoms with Crippen molar-refractivity contribution < 1.29 is 13.5 Å². The average molecular weight is 248 g/mol. The maximum absolute atomic E-state index is 13.9. The number of ether oxygens (including phenoxy) is 1. The third kappa shape index (κ3) is 1.87. The van der Waals surface area contributed by atoms with E-state index < -0.39 is 11.6 Å². The Morgan fingerprint density at radius 3 is 2.81 bits per heavy atom. The lowest BCUT2D eigenvalue weighted by molar-refractivity contribution is 0.368. The third-order valence-electron chi connectivity index (χ3n) is 2.77. The van der Waals surface area contributed by atoms with Crippen molar-refractivity contribution in [3.8, 4) is 5.75 Å². The van der Waals surface area contributed by atoms with Gasteiger partial charge in [-0.3, -0.25) is 0 Å². The van der Waals surface area contributed by atoms with E-state index in [1.54, 1.807) is 0 Å². The molecule has 1 aromatic carbocycles. The van der Waals surface area contributed by atoms with E-state index in [1.165, 1.54) is 7.11 Å². The standard InChI is InChI=1S/C11H12ClF2NO/c1-16-11-7(13)5-6(12)10(14)9(11)8-3-2-4-15-8/h5,8,15H,2-4H2,1H3. The Hall–Kier alpha value is -0.870. The van der Waals surface area contributed by atoms with E-state index in [1.807, 2.05) is 0 Å². The Kier molecular flexibility index (Phi) is 3.30. The monoisotopic (exact) mass is 247 g/mol. The summed E-state index contributed by atoms with van der Waals surface area (Å²) in [7, 11) is 1.32. The van der Waals surface area contributed by atoms with Gasteiger partial charge < -0.3 is 10.1 Å². The third-order valence-corrected chi connectivity index (χ3v) is 3.05. The number of halogens is 3. The van der Waals surface area contributed by atoms with Crippen molar-refractivity contribution in [3.05, 3.63) is 28.3 Å². The van der Waals surface area contributed by atoms with E-state index in [4.69, 9.17) is 16.3 Å². The number of hydrogen-bond donors (Lipinski definition) is 1. The van der Waals surface area contributed by atoms with Crippen LogP contribution in [0.1, 0.15) is 24.4 Å². The van der Waals surface area contributed by atoms with Gasteiger partial charge in [-0.2, -0.15) is 0 Å². The molecule has 0 saturated carbocycles. The van der Waals surface area contributed by atoms with Crippen molar-refractivity contribution in [2.24, 2.45) is 0 Å². The maximum Gasteiger partial charge on any atom is 0.167 e. The molecule has 1 atom stereocenters. The minimum atomic E-state index is -0.627. The minimum Gasteiger partial charge on any atom is -0.493 e. The second-order valence-electron chi connectivity index (χ2n) is 3.75. The zero-order chi connectivity index (χ0) is 11.7. The van der Waals surface area contributed by atoms with Gasteiger partial charge in [0.15, 0.2) is 11.6 Å². The molecular weight excluding hydrogens is 236 g/mol. The van der Waals surface area contributed by atoms with Gasteiger partial charge in [0.1, 0.15) is 5.82 Å². The van der Waals surface area contributed by atoms with Gasteiger partial charge >= 0.3 is 0 Å². The fourth-order valence-electron chi connectivity index (χ4n) is 2.05. The first-order valence-corrected chi connectivity index (χ1v) is 5.47. The molecule has 0 radical (unpaired) electrons. The fraction of sp³-hybridized carbons (Fsp3) is 0.455. The highest BCUT2D eigenvalue weighted by Gasteiger charge is 2.27. The van der Waals surface area contributed by atoms with Gasteiger partial charge in [0.2, 0.25) is 0 Å². The summed E-state index contributed by atoms with van der Waals surface area (Å²) >= 11 is 5.63. The van der Waals surface area contributed by atoms with Crippen LogP contribution in [0.15, 0.2) is 6.07 Å². The van der Waals surface area contributed by atoms with Gasteiger partial charge in [0.05, 0.1) is 17.7 Å². The number of hydrogen-bond acceptors (Lipinski definition) is 2. The van der Waals surface area contributed by atoms with Gasteiger partial charge in [-0.1, -0.05) is 11.6 Å². The molecule has 0 amide bonds. The van der Waals surface area contributed by atoms with Gasteiger partial charge in [-0.25, -0.2) is 8.78 Å². The largest absolute Gasteiger partial charge is 0.493 e. The molecule has 88 valence electrons. The van der Waals surface area contributed by atoms with Crippen molar-refractivity contribution in [2.45, 2.75) is 18.9 Å². The lowest BCUT2D eigenvalue weighted by atomic mass is 10.0. The Labute approximate surface area is 97.5 Å². The lowest BCUT2D eigenvalue weighted by Gasteiger charge is -2.17. The molecule has 1 saturated heterocycles. The zero-order valence-electron chi connectivity index (χ0n) is 8.82. The summed E-state index contributed by atoms with van der Waals surface area (Å²) in [5, 5.41) is 2.89. The van der Waals surface area contributed by atoms with E-state index in [2.05, 4.69) is 5.32 Å². The van der Waals surface area contributed by atoms with E-state index in [9.17, 15) is 8.78 Å². The molecule has 5 heteroatoms. The van der Waals surface area contributed by atoms with Crippen LogP contribution in [0.5, 0.6) is 5.75 Å². The summed E-state index contributed by atoms with van der Waals surface area (Å²) in [4.78, 5) is 0. The zero-order valence-corrected chi connectivity index (χ0v) is 9.57. The van der Waals surface area contributed by atoms with Crippen LogP contribution in [-0.2, 0) is 0 Å². The van der Waals surface area contributed by atoms with Crippen LogP contribution in [0.2, 0.25) is 5.02 Å². The molecule has 1 fully saturated rings. The Morgan fingerprint density at radius 1 is 1.50 bits per heavy atom. The Morgan fingerprint density at radius 2 is 2.25 bits per heavy atom. The smallest absolute Gasteiger partial charge is 0.167 e. The molecule has 16 heavy (non-hydrogen) atoms. The summed E-state index contributed by atoms with van der Waals surface area (Å²) in [6.07, 6.45) is 1.69. The molecule has 1 aromatic rings. The quantitative estimate of drug-likeness (QED) is 0.811. The molecule has 2 nitrogen and oxygen atoms in total. The minimum absolute atomic E-state index is 0.0544. The first-order chi connectivity index (χ1) is 7.65. The Bertz CT molecular complexity index is 405.